The molecule has 1 saturated heterocycles. The first-order valence-corrected chi connectivity index (χ1v) is 9.33. The maximum absolute atomic E-state index is 12.1. The highest BCUT2D eigenvalue weighted by Crippen LogP contribution is 2.41. The zero-order valence-corrected chi connectivity index (χ0v) is 14.5. The second-order valence-corrected chi connectivity index (χ2v) is 7.53. The van der Waals surface area contributed by atoms with Gasteiger partial charge in [-0.2, -0.15) is 0 Å². The molecule has 7 heteroatoms. The van der Waals surface area contributed by atoms with E-state index >= 15 is 0 Å². The van der Waals surface area contributed by atoms with E-state index in [1.807, 2.05) is 6.92 Å². The Labute approximate surface area is 141 Å². The van der Waals surface area contributed by atoms with Crippen molar-refractivity contribution in [1.29, 1.82) is 0 Å². The van der Waals surface area contributed by atoms with Crippen LogP contribution in [0.3, 0.4) is 0 Å². The largest absolute Gasteiger partial charge is 0.352 e. The molecule has 126 valence electrons. The van der Waals surface area contributed by atoms with Gasteiger partial charge in [0.1, 0.15) is 0 Å². The van der Waals surface area contributed by atoms with Crippen molar-refractivity contribution in [1.82, 2.24) is 20.1 Å². The number of aromatic nitrogens is 3. The Balaban J connectivity index is 1.73. The van der Waals surface area contributed by atoms with Gasteiger partial charge in [0.2, 0.25) is 11.9 Å². The van der Waals surface area contributed by atoms with Crippen LogP contribution in [0.4, 0.5) is 5.95 Å². The number of rotatable bonds is 7. The standard InChI is InChI=1S/C16H25N5OS/c1-3-9-17-14(22)12(2)23-16-19-18-15(21(16)13-7-8-13)20-10-5-4-6-11-20/h3,12-13H,1,4-11H2,2H3,(H,17,22). The molecular formula is C16H25N5OS. The zero-order valence-electron chi connectivity index (χ0n) is 13.7. The van der Waals surface area contributed by atoms with Crippen molar-refractivity contribution in [3.8, 4) is 0 Å². The molecule has 0 bridgehead atoms. The van der Waals surface area contributed by atoms with Gasteiger partial charge < -0.3 is 10.2 Å². The Hall–Kier alpha value is -1.50. The summed E-state index contributed by atoms with van der Waals surface area (Å²) in [6.07, 6.45) is 7.81. The predicted molar refractivity (Wildman–Crippen MR) is 92.9 cm³/mol. The van der Waals surface area contributed by atoms with Crippen molar-refractivity contribution >= 4 is 23.6 Å². The van der Waals surface area contributed by atoms with Crippen molar-refractivity contribution in [3.63, 3.8) is 0 Å². The second kappa shape index (κ2) is 7.38. The van der Waals surface area contributed by atoms with Crippen LogP contribution >= 0.6 is 11.8 Å². The molecule has 1 aromatic heterocycles. The topological polar surface area (TPSA) is 63.1 Å². The first-order valence-electron chi connectivity index (χ1n) is 8.46. The van der Waals surface area contributed by atoms with Crippen LogP contribution in [0.15, 0.2) is 17.8 Å². The third-order valence-electron chi connectivity index (χ3n) is 4.27. The molecule has 2 aliphatic rings. The summed E-state index contributed by atoms with van der Waals surface area (Å²) in [5, 5.41) is 12.4. The first-order chi connectivity index (χ1) is 11.2. The number of piperidine rings is 1. The lowest BCUT2D eigenvalue weighted by Crippen LogP contribution is -2.32. The highest BCUT2D eigenvalue weighted by molar-refractivity contribution is 8.00. The van der Waals surface area contributed by atoms with Crippen LogP contribution in [0, 0.1) is 0 Å². The molecular weight excluding hydrogens is 310 g/mol. The van der Waals surface area contributed by atoms with E-state index in [0.717, 1.165) is 24.2 Å². The lowest BCUT2D eigenvalue weighted by atomic mass is 10.1. The maximum Gasteiger partial charge on any atom is 0.233 e. The average Bonchev–Trinajstić information content (AvgIpc) is 3.34. The number of nitrogens with zero attached hydrogens (tertiary/aromatic N) is 4. The summed E-state index contributed by atoms with van der Waals surface area (Å²) in [5.74, 6) is 1.01. The number of nitrogens with one attached hydrogen (secondary N) is 1. The van der Waals surface area contributed by atoms with E-state index in [1.54, 1.807) is 6.08 Å². The molecule has 1 N–H and O–H groups in total. The quantitative estimate of drug-likeness (QED) is 0.612. The number of thioether (sulfide) groups is 1. The number of amides is 1. The molecule has 0 radical (unpaired) electrons. The molecule has 2 fully saturated rings. The molecule has 1 aromatic rings. The van der Waals surface area contributed by atoms with Crippen LogP contribution in [-0.4, -0.2) is 45.6 Å². The molecule has 1 amide bonds. The first kappa shape index (κ1) is 16.4. The van der Waals surface area contributed by atoms with E-state index < -0.39 is 0 Å². The molecule has 2 heterocycles. The van der Waals surface area contributed by atoms with Gasteiger partial charge in [-0.15, -0.1) is 16.8 Å². The molecule has 1 atom stereocenters. The number of hydrogen-bond acceptors (Lipinski definition) is 5. The Morgan fingerprint density at radius 1 is 1.39 bits per heavy atom. The highest BCUT2D eigenvalue weighted by atomic mass is 32.2. The lowest BCUT2D eigenvalue weighted by molar-refractivity contribution is -0.120. The number of anilines is 1. The van der Waals surface area contributed by atoms with Gasteiger partial charge in [-0.1, -0.05) is 17.8 Å². The molecule has 3 rings (SSSR count). The SMILES string of the molecule is C=CCNC(=O)C(C)Sc1nnc(N2CCCCC2)n1C1CC1. The van der Waals surface area contributed by atoms with E-state index in [1.165, 1.54) is 43.9 Å². The zero-order chi connectivity index (χ0) is 16.2. The number of hydrogen-bond donors (Lipinski definition) is 1. The normalized spacial score (nSPS) is 19.4. The van der Waals surface area contributed by atoms with Crippen molar-refractivity contribution in [2.45, 2.75) is 55.5 Å². The third kappa shape index (κ3) is 3.88. The minimum Gasteiger partial charge on any atom is -0.352 e. The van der Waals surface area contributed by atoms with Gasteiger partial charge in [0.15, 0.2) is 5.16 Å². The van der Waals surface area contributed by atoms with Gasteiger partial charge in [-0.25, -0.2) is 0 Å². The summed E-state index contributed by atoms with van der Waals surface area (Å²) in [7, 11) is 0. The van der Waals surface area contributed by atoms with Gasteiger partial charge >= 0.3 is 0 Å². The minimum atomic E-state index is -0.189. The van der Waals surface area contributed by atoms with Crippen molar-refractivity contribution in [2.24, 2.45) is 0 Å². The molecule has 1 aliphatic heterocycles. The van der Waals surface area contributed by atoms with Crippen molar-refractivity contribution < 1.29 is 4.79 Å². The molecule has 1 unspecified atom stereocenters. The fourth-order valence-electron chi connectivity index (χ4n) is 2.84. The molecule has 6 nitrogen and oxygen atoms in total. The predicted octanol–water partition coefficient (Wildman–Crippen LogP) is 2.39. The summed E-state index contributed by atoms with van der Waals surface area (Å²) in [5.41, 5.74) is 0. The smallest absolute Gasteiger partial charge is 0.233 e. The van der Waals surface area contributed by atoms with E-state index in [-0.39, 0.29) is 11.2 Å². The molecule has 1 aliphatic carbocycles. The van der Waals surface area contributed by atoms with E-state index in [9.17, 15) is 4.79 Å². The Bertz CT molecular complexity index is 563. The number of carbonyl (C=O) groups excluding carboxylic acids is 1. The summed E-state index contributed by atoms with van der Waals surface area (Å²) in [6.45, 7) is 8.15. The monoisotopic (exact) mass is 335 g/mol. The van der Waals surface area contributed by atoms with Gasteiger partial charge in [-0.05, 0) is 39.0 Å². The third-order valence-corrected chi connectivity index (χ3v) is 5.33. The molecule has 1 saturated carbocycles. The summed E-state index contributed by atoms with van der Waals surface area (Å²) in [4.78, 5) is 14.4. The summed E-state index contributed by atoms with van der Waals surface area (Å²) < 4.78 is 2.26. The Kier molecular flexibility index (Phi) is 5.25. The molecule has 23 heavy (non-hydrogen) atoms. The van der Waals surface area contributed by atoms with Gasteiger partial charge in [0, 0.05) is 25.7 Å². The molecule has 0 spiro atoms. The average molecular weight is 335 g/mol. The fraction of sp³-hybridized carbons (Fsp3) is 0.688. The van der Waals surface area contributed by atoms with Crippen molar-refractivity contribution in [2.75, 3.05) is 24.5 Å². The van der Waals surface area contributed by atoms with Gasteiger partial charge in [-0.3, -0.25) is 9.36 Å². The van der Waals surface area contributed by atoms with E-state index in [4.69, 9.17) is 0 Å². The fourth-order valence-corrected chi connectivity index (χ4v) is 3.78. The second-order valence-electron chi connectivity index (χ2n) is 6.23. The van der Waals surface area contributed by atoms with Crippen molar-refractivity contribution in [3.05, 3.63) is 12.7 Å². The van der Waals surface area contributed by atoms with Crippen LogP contribution in [0.5, 0.6) is 0 Å². The van der Waals surface area contributed by atoms with Crippen LogP contribution in [0.25, 0.3) is 0 Å². The number of carbonyl (C=O) groups is 1. The summed E-state index contributed by atoms with van der Waals surface area (Å²) >= 11 is 1.50. The summed E-state index contributed by atoms with van der Waals surface area (Å²) in [6, 6.07) is 0.507. The highest BCUT2D eigenvalue weighted by Gasteiger charge is 2.33. The Morgan fingerprint density at radius 3 is 2.78 bits per heavy atom. The molecule has 0 aromatic carbocycles. The van der Waals surface area contributed by atoms with E-state index in [2.05, 4.69) is 31.6 Å². The Morgan fingerprint density at radius 2 is 2.13 bits per heavy atom. The van der Waals surface area contributed by atoms with Crippen LogP contribution < -0.4 is 10.2 Å². The minimum absolute atomic E-state index is 0.0137. The lowest BCUT2D eigenvalue weighted by Gasteiger charge is -2.28. The van der Waals surface area contributed by atoms with Crippen LogP contribution in [0.1, 0.15) is 45.1 Å². The van der Waals surface area contributed by atoms with Crippen LogP contribution in [0.2, 0.25) is 0 Å². The van der Waals surface area contributed by atoms with Gasteiger partial charge in [0.25, 0.3) is 0 Å². The van der Waals surface area contributed by atoms with Crippen LogP contribution in [-0.2, 0) is 4.79 Å². The van der Waals surface area contributed by atoms with Gasteiger partial charge in [0.05, 0.1) is 5.25 Å². The maximum atomic E-state index is 12.1. The van der Waals surface area contributed by atoms with E-state index in [0.29, 0.717) is 12.6 Å².